The number of methoxy groups -OCH3 is 2. The summed E-state index contributed by atoms with van der Waals surface area (Å²) >= 11 is 0. The van der Waals surface area contributed by atoms with Crippen LogP contribution in [0, 0.1) is 5.82 Å². The average molecular weight is 213 g/mol. The molecule has 0 spiro atoms. The summed E-state index contributed by atoms with van der Waals surface area (Å²) in [6.45, 7) is 0. The molecule has 0 saturated heterocycles. The first-order valence-corrected chi connectivity index (χ1v) is 4.27. The van der Waals surface area contributed by atoms with Gasteiger partial charge in [-0.1, -0.05) is 0 Å². The van der Waals surface area contributed by atoms with Gasteiger partial charge < -0.3 is 15.2 Å². The van der Waals surface area contributed by atoms with Crippen LogP contribution in [0.15, 0.2) is 12.1 Å². The Morgan fingerprint density at radius 2 is 2.13 bits per heavy atom. The molecule has 0 amide bonds. The van der Waals surface area contributed by atoms with E-state index in [-0.39, 0.29) is 12.2 Å². The van der Waals surface area contributed by atoms with Gasteiger partial charge in [0.05, 0.1) is 20.6 Å². The van der Waals surface area contributed by atoms with E-state index < -0.39 is 11.8 Å². The summed E-state index contributed by atoms with van der Waals surface area (Å²) in [4.78, 5) is 11.1. The molecule has 0 aliphatic rings. The van der Waals surface area contributed by atoms with E-state index in [1.807, 2.05) is 0 Å². The fourth-order valence-corrected chi connectivity index (χ4v) is 1.23. The summed E-state index contributed by atoms with van der Waals surface area (Å²) in [7, 11) is 2.57. The minimum Gasteiger partial charge on any atom is -0.493 e. The second kappa shape index (κ2) is 4.63. The molecule has 0 unspecified atom stereocenters. The lowest BCUT2D eigenvalue weighted by molar-refractivity contribution is -0.139. The Hall–Kier alpha value is -1.78. The standard InChI is InChI=1S/C10H12FNO3/c1-14-9(13)5-6-8(12)4-3-7(11)10(6)15-2/h3-4H,5,12H2,1-2H3. The van der Waals surface area contributed by atoms with Crippen molar-refractivity contribution in [3.8, 4) is 5.75 Å². The van der Waals surface area contributed by atoms with Crippen LogP contribution in [0.1, 0.15) is 5.56 Å². The van der Waals surface area contributed by atoms with Gasteiger partial charge in [0.1, 0.15) is 0 Å². The molecular formula is C10H12FNO3. The molecule has 15 heavy (non-hydrogen) atoms. The van der Waals surface area contributed by atoms with Crippen LogP contribution in [-0.2, 0) is 16.0 Å². The molecule has 1 aromatic rings. The molecule has 2 N–H and O–H groups in total. The molecule has 0 bridgehead atoms. The van der Waals surface area contributed by atoms with E-state index in [1.165, 1.54) is 26.4 Å². The molecule has 1 aromatic carbocycles. The van der Waals surface area contributed by atoms with Crippen LogP contribution in [0.25, 0.3) is 0 Å². The minimum atomic E-state index is -0.550. The Bertz CT molecular complexity index is 379. The van der Waals surface area contributed by atoms with Crippen molar-refractivity contribution in [2.45, 2.75) is 6.42 Å². The number of nitrogens with two attached hydrogens (primary N) is 1. The number of hydrogen-bond acceptors (Lipinski definition) is 4. The molecular weight excluding hydrogens is 201 g/mol. The molecule has 4 nitrogen and oxygen atoms in total. The first-order chi connectivity index (χ1) is 7.10. The highest BCUT2D eigenvalue weighted by molar-refractivity contribution is 5.76. The van der Waals surface area contributed by atoms with Crippen LogP contribution in [0.2, 0.25) is 0 Å². The number of benzene rings is 1. The van der Waals surface area contributed by atoms with E-state index in [2.05, 4.69) is 4.74 Å². The first kappa shape index (κ1) is 11.3. The molecule has 0 atom stereocenters. The molecule has 0 aromatic heterocycles. The Balaban J connectivity index is 3.13. The smallest absolute Gasteiger partial charge is 0.310 e. The van der Waals surface area contributed by atoms with Gasteiger partial charge >= 0.3 is 5.97 Å². The van der Waals surface area contributed by atoms with Gasteiger partial charge in [0.15, 0.2) is 11.6 Å². The van der Waals surface area contributed by atoms with Crippen LogP contribution in [0.3, 0.4) is 0 Å². The number of carbonyl (C=O) groups is 1. The summed E-state index contributed by atoms with van der Waals surface area (Å²) in [5.41, 5.74) is 6.23. The largest absolute Gasteiger partial charge is 0.493 e. The lowest BCUT2D eigenvalue weighted by atomic mass is 10.1. The zero-order valence-electron chi connectivity index (χ0n) is 8.54. The Morgan fingerprint density at radius 3 is 2.67 bits per heavy atom. The summed E-state index contributed by atoms with van der Waals surface area (Å²) in [6, 6.07) is 2.57. The number of ether oxygens (including phenoxy) is 2. The highest BCUT2D eigenvalue weighted by atomic mass is 19.1. The molecule has 0 radical (unpaired) electrons. The summed E-state index contributed by atoms with van der Waals surface area (Å²) in [5.74, 6) is -1.06. The topological polar surface area (TPSA) is 61.5 Å². The number of halogens is 1. The lowest BCUT2D eigenvalue weighted by Gasteiger charge is -2.10. The van der Waals surface area contributed by atoms with Gasteiger partial charge in [0.2, 0.25) is 0 Å². The van der Waals surface area contributed by atoms with Crippen LogP contribution >= 0.6 is 0 Å². The van der Waals surface area contributed by atoms with Crippen molar-refractivity contribution >= 4 is 11.7 Å². The first-order valence-electron chi connectivity index (χ1n) is 4.27. The molecule has 5 heteroatoms. The quantitative estimate of drug-likeness (QED) is 0.604. The van der Waals surface area contributed by atoms with Gasteiger partial charge in [-0.3, -0.25) is 4.79 Å². The third-order valence-electron chi connectivity index (χ3n) is 2.00. The fraction of sp³-hybridized carbons (Fsp3) is 0.300. The van der Waals surface area contributed by atoms with Crippen molar-refractivity contribution in [1.82, 2.24) is 0 Å². The Labute approximate surface area is 86.8 Å². The van der Waals surface area contributed by atoms with Gasteiger partial charge in [-0.15, -0.1) is 0 Å². The zero-order valence-corrected chi connectivity index (χ0v) is 8.54. The minimum absolute atomic E-state index is 0.0135. The molecule has 0 aliphatic heterocycles. The van der Waals surface area contributed by atoms with Gasteiger partial charge in [-0.2, -0.15) is 0 Å². The molecule has 82 valence electrons. The zero-order chi connectivity index (χ0) is 11.4. The predicted octanol–water partition coefficient (Wildman–Crippen LogP) is 1.13. The molecule has 0 fully saturated rings. The highest BCUT2D eigenvalue weighted by Crippen LogP contribution is 2.28. The second-order valence-electron chi connectivity index (χ2n) is 2.90. The molecule has 1 rings (SSSR count). The highest BCUT2D eigenvalue weighted by Gasteiger charge is 2.16. The van der Waals surface area contributed by atoms with Crippen molar-refractivity contribution in [3.05, 3.63) is 23.5 Å². The number of nitrogen functional groups attached to an aromatic ring is 1. The van der Waals surface area contributed by atoms with E-state index in [4.69, 9.17) is 10.5 Å². The number of esters is 1. The van der Waals surface area contributed by atoms with Crippen LogP contribution < -0.4 is 10.5 Å². The van der Waals surface area contributed by atoms with Crippen molar-refractivity contribution < 1.29 is 18.7 Å². The van der Waals surface area contributed by atoms with E-state index in [1.54, 1.807) is 0 Å². The van der Waals surface area contributed by atoms with E-state index >= 15 is 0 Å². The van der Waals surface area contributed by atoms with Crippen molar-refractivity contribution in [1.29, 1.82) is 0 Å². The number of carbonyl (C=O) groups excluding carboxylic acids is 1. The van der Waals surface area contributed by atoms with Crippen molar-refractivity contribution in [3.63, 3.8) is 0 Å². The third-order valence-corrected chi connectivity index (χ3v) is 2.00. The fourth-order valence-electron chi connectivity index (χ4n) is 1.23. The third kappa shape index (κ3) is 2.37. The van der Waals surface area contributed by atoms with Gasteiger partial charge in [-0.25, -0.2) is 4.39 Å². The van der Waals surface area contributed by atoms with E-state index in [0.717, 1.165) is 0 Å². The summed E-state index contributed by atoms with van der Waals surface area (Å²) in [5, 5.41) is 0. The summed E-state index contributed by atoms with van der Waals surface area (Å²) < 4.78 is 22.6. The van der Waals surface area contributed by atoms with Gasteiger partial charge in [-0.05, 0) is 12.1 Å². The predicted molar refractivity (Wildman–Crippen MR) is 53.1 cm³/mol. The number of anilines is 1. The lowest BCUT2D eigenvalue weighted by Crippen LogP contribution is -2.09. The van der Waals surface area contributed by atoms with Gasteiger partial charge in [0, 0.05) is 11.3 Å². The molecule has 0 saturated carbocycles. The van der Waals surface area contributed by atoms with Crippen LogP contribution in [0.4, 0.5) is 10.1 Å². The second-order valence-corrected chi connectivity index (χ2v) is 2.90. The maximum atomic E-state index is 13.3. The van der Waals surface area contributed by atoms with Crippen molar-refractivity contribution in [2.24, 2.45) is 0 Å². The van der Waals surface area contributed by atoms with Gasteiger partial charge in [0.25, 0.3) is 0 Å². The van der Waals surface area contributed by atoms with E-state index in [0.29, 0.717) is 11.3 Å². The Kier molecular flexibility index (Phi) is 3.49. The van der Waals surface area contributed by atoms with Crippen LogP contribution in [0.5, 0.6) is 5.75 Å². The maximum absolute atomic E-state index is 13.3. The Morgan fingerprint density at radius 1 is 1.47 bits per heavy atom. The van der Waals surface area contributed by atoms with Crippen molar-refractivity contribution in [2.75, 3.05) is 20.0 Å². The molecule has 0 heterocycles. The molecule has 0 aliphatic carbocycles. The van der Waals surface area contributed by atoms with E-state index in [9.17, 15) is 9.18 Å². The average Bonchev–Trinajstić information content (AvgIpc) is 2.23. The van der Waals surface area contributed by atoms with Crippen LogP contribution in [-0.4, -0.2) is 20.2 Å². The SMILES string of the molecule is COC(=O)Cc1c(N)ccc(F)c1OC. The maximum Gasteiger partial charge on any atom is 0.310 e. The normalized spacial score (nSPS) is 9.80. The monoisotopic (exact) mass is 213 g/mol. The number of rotatable bonds is 3. The summed E-state index contributed by atoms with van der Waals surface area (Å²) in [6.07, 6.45) is -0.108. The number of hydrogen-bond donors (Lipinski definition) is 1.